The molecule has 2 N–H and O–H groups in total. The molecule has 4 rings (SSSR count). The van der Waals surface area contributed by atoms with E-state index in [0.29, 0.717) is 11.1 Å². The number of aromatic nitrogens is 1. The minimum absolute atomic E-state index is 0. The third-order valence-electron chi connectivity index (χ3n) is 6.47. The van der Waals surface area contributed by atoms with E-state index in [9.17, 15) is 4.79 Å². The molecule has 0 radical (unpaired) electrons. The van der Waals surface area contributed by atoms with Gasteiger partial charge in [0, 0.05) is 53.6 Å². The van der Waals surface area contributed by atoms with Crippen molar-refractivity contribution < 1.29 is 56.2 Å². The van der Waals surface area contributed by atoms with Gasteiger partial charge in [-0.1, -0.05) is 71.0 Å². The molecule has 0 fully saturated rings. The monoisotopic (exact) mass is 575 g/mol. The molecule has 2 aromatic carbocycles. The topological polar surface area (TPSA) is 86.0 Å². The smallest absolute Gasteiger partial charge is 0.665 e. The molecule has 1 amide bonds. The van der Waals surface area contributed by atoms with Crippen LogP contribution in [0.25, 0.3) is 39.9 Å². The Morgan fingerprint density at radius 3 is 2.32 bits per heavy atom. The molecule has 0 spiro atoms. The summed E-state index contributed by atoms with van der Waals surface area (Å²) in [6.07, 6.45) is 6.20. The van der Waals surface area contributed by atoms with E-state index in [2.05, 4.69) is 41.8 Å². The Bertz CT molecular complexity index is 1400. The zero-order valence-corrected chi connectivity index (χ0v) is 29.1. The molecule has 0 saturated carbocycles. The van der Waals surface area contributed by atoms with Crippen molar-refractivity contribution in [1.82, 2.24) is 9.88 Å². The summed E-state index contributed by atoms with van der Waals surface area (Å²) in [5.41, 5.74) is 9.27. The first-order chi connectivity index (χ1) is 19.2. The van der Waals surface area contributed by atoms with Gasteiger partial charge in [-0.05, 0) is 48.4 Å². The summed E-state index contributed by atoms with van der Waals surface area (Å²) in [4.78, 5) is 18.2. The van der Waals surface area contributed by atoms with Crippen molar-refractivity contribution in [3.05, 3.63) is 94.6 Å². The minimum Gasteiger partial charge on any atom is -0.665 e. The van der Waals surface area contributed by atoms with Crippen LogP contribution in [-0.4, -0.2) is 43.5 Å². The van der Waals surface area contributed by atoms with E-state index in [1.807, 2.05) is 89.3 Å². The van der Waals surface area contributed by atoms with Crippen LogP contribution in [0.4, 0.5) is 5.69 Å². The molecule has 0 bridgehead atoms. The van der Waals surface area contributed by atoms with Crippen molar-refractivity contribution in [2.75, 3.05) is 33.0 Å². The Morgan fingerprint density at radius 2 is 1.80 bits per heavy atom. The van der Waals surface area contributed by atoms with Crippen molar-refractivity contribution >= 4 is 35.0 Å². The van der Waals surface area contributed by atoms with Gasteiger partial charge in [0.2, 0.25) is 0 Å². The van der Waals surface area contributed by atoms with Crippen molar-refractivity contribution in [3.8, 4) is 17.2 Å². The fourth-order valence-corrected chi connectivity index (χ4v) is 4.28. The summed E-state index contributed by atoms with van der Waals surface area (Å²) in [5, 5.41) is 16.0. The molecule has 0 saturated heterocycles. The van der Waals surface area contributed by atoms with E-state index < -0.39 is 0 Å². The van der Waals surface area contributed by atoms with E-state index in [1.165, 1.54) is 12.8 Å². The van der Waals surface area contributed by atoms with Crippen LogP contribution in [-0.2, 0) is 4.79 Å². The Kier molecular flexibility index (Phi) is 15.9. The largest absolute Gasteiger partial charge is 1.00 e. The van der Waals surface area contributed by atoms with Gasteiger partial charge in [0.1, 0.15) is 0 Å². The van der Waals surface area contributed by atoms with Crippen LogP contribution in [0.2, 0.25) is 0 Å². The fourth-order valence-electron chi connectivity index (χ4n) is 4.28. The number of carbonyl (C=O) groups is 1. The number of nitrogens with zero attached hydrogens (tertiary/aromatic N) is 3. The molecule has 0 atom stereocenters. The minimum atomic E-state index is -0.147. The number of aromatic amines is 1. The summed E-state index contributed by atoms with van der Waals surface area (Å²) in [5.74, 6) is -0.147. The van der Waals surface area contributed by atoms with E-state index in [4.69, 9.17) is 5.26 Å². The van der Waals surface area contributed by atoms with Gasteiger partial charge in [0.05, 0.1) is 17.2 Å². The van der Waals surface area contributed by atoms with Crippen LogP contribution >= 0.6 is 0 Å². The van der Waals surface area contributed by atoms with Gasteiger partial charge in [0.25, 0.3) is 5.91 Å². The third kappa shape index (κ3) is 9.14. The molecule has 7 heteroatoms. The number of amides is 1. The molecule has 6 nitrogen and oxygen atoms in total. The number of carbonyl (C=O) groups excluding carboxylic acids is 1. The maximum Gasteiger partial charge on any atom is 1.00 e. The number of anilines is 1. The van der Waals surface area contributed by atoms with Gasteiger partial charge in [-0.25, -0.2) is 0 Å². The molecule has 2 heterocycles. The Balaban J connectivity index is 0.000000832. The standard InChI is InChI=1S/C27H24N4O.C5H12N.C2H6.K/c1-6-21-16(2)29-25(26(21)19-9-7-18(15-28)8-10-19)14-23-22-13-20(17(3)31(4)5)11-12-24(22)30-27(23)32;1-3-4-5-6-2;1-2;/h6-14,29H,1,3H2,2,4-5H3,(H,30,32);3-5H2,1-2H3;1-2H3;/q;-1;;+1/b23-14-;;;. The van der Waals surface area contributed by atoms with Crippen LogP contribution in [0.1, 0.15) is 67.3 Å². The van der Waals surface area contributed by atoms with E-state index >= 15 is 0 Å². The molecule has 210 valence electrons. The summed E-state index contributed by atoms with van der Waals surface area (Å²) in [7, 11) is 5.74. The molecule has 0 aliphatic carbocycles. The van der Waals surface area contributed by atoms with Gasteiger partial charge < -0.3 is 20.5 Å². The van der Waals surface area contributed by atoms with Crippen LogP contribution in [0.15, 0.2) is 55.6 Å². The van der Waals surface area contributed by atoms with Gasteiger partial charge in [-0.2, -0.15) is 12.3 Å². The zero-order chi connectivity index (χ0) is 29.8. The maximum absolute atomic E-state index is 12.9. The third-order valence-corrected chi connectivity index (χ3v) is 6.47. The fraction of sp³-hybridized carbons (Fsp3) is 0.294. The number of hydrogen-bond acceptors (Lipinski definition) is 3. The second-order valence-electron chi connectivity index (χ2n) is 9.35. The predicted octanol–water partition coefficient (Wildman–Crippen LogP) is 5.35. The summed E-state index contributed by atoms with van der Waals surface area (Å²) in [6.45, 7) is 17.3. The van der Waals surface area contributed by atoms with Gasteiger partial charge >= 0.3 is 51.4 Å². The summed E-state index contributed by atoms with van der Waals surface area (Å²) >= 11 is 0. The van der Waals surface area contributed by atoms with Crippen LogP contribution in [0.3, 0.4) is 0 Å². The molecular weight excluding hydrogens is 534 g/mol. The SMILES string of the molecule is C=Cc1c(C)[nH]c(/C=C2\C(=O)Nc3ccc(C(=C)N(C)C)cc32)c1-c1ccc(C#N)cc1.CC.CCCC[N-]C.[K+]. The zero-order valence-electron chi connectivity index (χ0n) is 26.0. The van der Waals surface area contributed by atoms with Gasteiger partial charge in [-0.15, -0.1) is 6.54 Å². The number of fused-ring (bicyclic) bond motifs is 1. The number of rotatable bonds is 8. The number of hydrogen-bond donors (Lipinski definition) is 2. The molecular formula is C34H42KN5O. The summed E-state index contributed by atoms with van der Waals surface area (Å²) in [6, 6.07) is 15.4. The number of nitrogens with one attached hydrogen (secondary N) is 2. The van der Waals surface area contributed by atoms with Crippen molar-refractivity contribution in [1.29, 1.82) is 5.26 Å². The second-order valence-corrected chi connectivity index (χ2v) is 9.35. The Hall–Kier alpha value is -2.70. The molecule has 1 aliphatic rings. The Morgan fingerprint density at radius 1 is 1.15 bits per heavy atom. The van der Waals surface area contributed by atoms with Crippen LogP contribution in [0, 0.1) is 18.3 Å². The van der Waals surface area contributed by atoms with E-state index in [-0.39, 0.29) is 57.3 Å². The normalized spacial score (nSPS) is 12.0. The molecule has 0 unspecified atom stereocenters. The Labute approximate surface area is 289 Å². The predicted molar refractivity (Wildman–Crippen MR) is 172 cm³/mol. The number of unbranched alkanes of at least 4 members (excludes halogenated alkanes) is 1. The molecule has 1 aliphatic heterocycles. The first-order valence-corrected chi connectivity index (χ1v) is 13.7. The first kappa shape index (κ1) is 36.3. The van der Waals surface area contributed by atoms with Crippen molar-refractivity contribution in [2.24, 2.45) is 0 Å². The quantitative estimate of drug-likeness (QED) is 0.216. The number of nitriles is 1. The van der Waals surface area contributed by atoms with E-state index in [0.717, 1.165) is 57.1 Å². The van der Waals surface area contributed by atoms with Crippen molar-refractivity contribution in [3.63, 3.8) is 0 Å². The average molecular weight is 576 g/mol. The van der Waals surface area contributed by atoms with E-state index in [1.54, 1.807) is 12.1 Å². The average Bonchev–Trinajstić information content (AvgIpc) is 3.46. The van der Waals surface area contributed by atoms with Crippen LogP contribution < -0.4 is 56.7 Å². The number of H-pyrrole nitrogens is 1. The van der Waals surface area contributed by atoms with Gasteiger partial charge in [0.15, 0.2) is 0 Å². The number of aryl methyl sites for hydroxylation is 1. The second kappa shape index (κ2) is 18.0. The maximum atomic E-state index is 12.9. The van der Waals surface area contributed by atoms with Crippen molar-refractivity contribution in [2.45, 2.75) is 40.5 Å². The molecule has 3 aromatic rings. The summed E-state index contributed by atoms with van der Waals surface area (Å²) < 4.78 is 0. The van der Waals surface area contributed by atoms with Gasteiger partial charge in [-0.3, -0.25) is 4.79 Å². The van der Waals surface area contributed by atoms with Crippen LogP contribution in [0.5, 0.6) is 0 Å². The number of benzene rings is 2. The molecule has 41 heavy (non-hydrogen) atoms. The first-order valence-electron chi connectivity index (χ1n) is 13.7. The molecule has 1 aromatic heterocycles.